The number of aliphatic carboxylic acids is 1. The highest BCUT2D eigenvalue weighted by atomic mass is 32.2. The van der Waals surface area contributed by atoms with E-state index in [0.717, 1.165) is 31.9 Å². The van der Waals surface area contributed by atoms with Crippen molar-refractivity contribution in [2.24, 2.45) is 11.8 Å². The van der Waals surface area contributed by atoms with Crippen LogP contribution in [-0.2, 0) is 14.6 Å². The van der Waals surface area contributed by atoms with Gasteiger partial charge in [-0.2, -0.15) is 0 Å². The average Bonchev–Trinajstić information content (AvgIpc) is 2.49. The van der Waals surface area contributed by atoms with Gasteiger partial charge in [-0.15, -0.1) is 0 Å². The van der Waals surface area contributed by atoms with Crippen LogP contribution in [0.5, 0.6) is 0 Å². The molecule has 1 fully saturated rings. The Morgan fingerprint density at radius 1 is 1.43 bits per heavy atom. The van der Waals surface area contributed by atoms with E-state index in [1.807, 2.05) is 0 Å². The Hall–Kier alpha value is -0.580. The van der Waals surface area contributed by atoms with Crippen LogP contribution in [0.1, 0.15) is 25.7 Å². The summed E-state index contributed by atoms with van der Waals surface area (Å²) in [5.74, 6) is -1.83. The zero-order chi connectivity index (χ0) is 10.8. The molecule has 1 saturated carbocycles. The van der Waals surface area contributed by atoms with Crippen LogP contribution in [0.15, 0.2) is 0 Å². The summed E-state index contributed by atoms with van der Waals surface area (Å²) in [5.41, 5.74) is 0. The summed E-state index contributed by atoms with van der Waals surface area (Å²) in [7, 11) is -3.19. The largest absolute Gasteiger partial charge is 0.481 e. The summed E-state index contributed by atoms with van der Waals surface area (Å²) < 4.78 is 22.1. The molecule has 0 radical (unpaired) electrons. The van der Waals surface area contributed by atoms with Gasteiger partial charge < -0.3 is 5.11 Å². The van der Waals surface area contributed by atoms with Crippen molar-refractivity contribution >= 4 is 15.8 Å². The lowest BCUT2D eigenvalue weighted by Gasteiger charge is -2.17. The normalized spacial score (nSPS) is 20.9. The quantitative estimate of drug-likeness (QED) is 0.764. The van der Waals surface area contributed by atoms with Crippen molar-refractivity contribution in [3.8, 4) is 0 Å². The fourth-order valence-corrected chi connectivity index (χ4v) is 3.16. The van der Waals surface area contributed by atoms with Crippen LogP contribution in [0.2, 0.25) is 0 Å². The first kappa shape index (κ1) is 11.5. The third-order valence-electron chi connectivity index (χ3n) is 2.77. The lowest BCUT2D eigenvalue weighted by molar-refractivity contribution is -0.142. The predicted molar refractivity (Wildman–Crippen MR) is 52.8 cm³/mol. The Labute approximate surface area is 84.2 Å². The molecule has 0 aromatic carbocycles. The zero-order valence-corrected chi connectivity index (χ0v) is 9.09. The molecule has 0 bridgehead atoms. The molecule has 5 heteroatoms. The highest BCUT2D eigenvalue weighted by Gasteiger charge is 2.32. The first-order chi connectivity index (χ1) is 6.40. The van der Waals surface area contributed by atoms with Crippen LogP contribution in [-0.4, -0.2) is 31.5 Å². The standard InChI is InChI=1S/C9H16O4S/c1-14(12,13)6-8(9(10)11)7-4-2-3-5-7/h7-8H,2-6H2,1H3,(H,10,11). The molecule has 14 heavy (non-hydrogen) atoms. The summed E-state index contributed by atoms with van der Waals surface area (Å²) in [4.78, 5) is 10.9. The number of sulfone groups is 1. The van der Waals surface area contributed by atoms with Crippen molar-refractivity contribution in [2.75, 3.05) is 12.0 Å². The number of rotatable bonds is 4. The maximum Gasteiger partial charge on any atom is 0.307 e. The Morgan fingerprint density at radius 3 is 2.29 bits per heavy atom. The van der Waals surface area contributed by atoms with Crippen LogP contribution >= 0.6 is 0 Å². The van der Waals surface area contributed by atoms with Crippen LogP contribution in [0.25, 0.3) is 0 Å². The summed E-state index contributed by atoms with van der Waals surface area (Å²) in [6.45, 7) is 0. The Kier molecular flexibility index (Phi) is 3.53. The fraction of sp³-hybridized carbons (Fsp3) is 0.889. The van der Waals surface area contributed by atoms with Gasteiger partial charge >= 0.3 is 5.97 Å². The third-order valence-corrected chi connectivity index (χ3v) is 3.73. The van der Waals surface area contributed by atoms with E-state index in [2.05, 4.69) is 0 Å². The van der Waals surface area contributed by atoms with Gasteiger partial charge in [-0.3, -0.25) is 4.79 Å². The molecule has 4 nitrogen and oxygen atoms in total. The molecule has 0 saturated heterocycles. The molecular weight excluding hydrogens is 204 g/mol. The van der Waals surface area contributed by atoms with Gasteiger partial charge in [-0.05, 0) is 18.8 Å². The summed E-state index contributed by atoms with van der Waals surface area (Å²) in [5, 5.41) is 8.93. The third kappa shape index (κ3) is 3.29. The molecule has 0 aliphatic heterocycles. The molecular formula is C9H16O4S. The summed E-state index contributed by atoms with van der Waals surface area (Å²) >= 11 is 0. The number of hydrogen-bond donors (Lipinski definition) is 1. The molecule has 0 aromatic rings. The Balaban J connectivity index is 2.69. The van der Waals surface area contributed by atoms with Gasteiger partial charge in [0.2, 0.25) is 0 Å². The van der Waals surface area contributed by atoms with Crippen LogP contribution in [0.3, 0.4) is 0 Å². The van der Waals surface area contributed by atoms with Crippen LogP contribution in [0, 0.1) is 11.8 Å². The highest BCUT2D eigenvalue weighted by Crippen LogP contribution is 2.32. The number of carboxylic acids is 1. The predicted octanol–water partition coefficient (Wildman–Crippen LogP) is 0.922. The average molecular weight is 220 g/mol. The van der Waals surface area contributed by atoms with E-state index in [9.17, 15) is 13.2 Å². The van der Waals surface area contributed by atoms with Gasteiger partial charge in [0.1, 0.15) is 9.84 Å². The molecule has 1 rings (SSSR count). The van der Waals surface area contributed by atoms with Crippen molar-refractivity contribution in [1.82, 2.24) is 0 Å². The molecule has 1 aliphatic rings. The number of carboxylic acid groups (broad SMARTS) is 1. The van der Waals surface area contributed by atoms with Gasteiger partial charge in [-0.1, -0.05) is 12.8 Å². The van der Waals surface area contributed by atoms with E-state index >= 15 is 0 Å². The van der Waals surface area contributed by atoms with E-state index in [1.54, 1.807) is 0 Å². The second-order valence-corrected chi connectivity index (χ2v) is 6.27. The minimum Gasteiger partial charge on any atom is -0.481 e. The molecule has 0 aromatic heterocycles. The molecule has 0 heterocycles. The minimum absolute atomic E-state index is 0.0576. The molecule has 0 spiro atoms. The maximum absolute atomic E-state index is 11.0. The van der Waals surface area contributed by atoms with Gasteiger partial charge in [0.05, 0.1) is 11.7 Å². The highest BCUT2D eigenvalue weighted by molar-refractivity contribution is 7.90. The smallest absolute Gasteiger partial charge is 0.307 e. The van der Waals surface area contributed by atoms with Gasteiger partial charge in [0.15, 0.2) is 0 Å². The first-order valence-electron chi connectivity index (χ1n) is 4.80. The molecule has 1 N–H and O–H groups in total. The number of carbonyl (C=O) groups is 1. The molecule has 0 amide bonds. The van der Waals surface area contributed by atoms with E-state index in [4.69, 9.17) is 5.11 Å². The molecule has 1 atom stereocenters. The van der Waals surface area contributed by atoms with Gasteiger partial charge in [0, 0.05) is 6.26 Å². The summed E-state index contributed by atoms with van der Waals surface area (Å²) in [6.07, 6.45) is 4.85. The van der Waals surface area contributed by atoms with E-state index < -0.39 is 21.7 Å². The second kappa shape index (κ2) is 4.29. The van der Waals surface area contributed by atoms with E-state index in [0.29, 0.717) is 0 Å². The fourth-order valence-electron chi connectivity index (χ4n) is 2.09. The van der Waals surface area contributed by atoms with Crippen molar-refractivity contribution in [3.63, 3.8) is 0 Å². The van der Waals surface area contributed by atoms with Crippen LogP contribution in [0.4, 0.5) is 0 Å². The van der Waals surface area contributed by atoms with Crippen molar-refractivity contribution in [1.29, 1.82) is 0 Å². The van der Waals surface area contributed by atoms with E-state index in [1.165, 1.54) is 0 Å². The van der Waals surface area contributed by atoms with Crippen molar-refractivity contribution in [2.45, 2.75) is 25.7 Å². The van der Waals surface area contributed by atoms with Gasteiger partial charge in [0.25, 0.3) is 0 Å². The lowest BCUT2D eigenvalue weighted by Crippen LogP contribution is -2.29. The second-order valence-electron chi connectivity index (χ2n) is 4.08. The van der Waals surface area contributed by atoms with E-state index in [-0.39, 0.29) is 11.7 Å². The number of hydrogen-bond acceptors (Lipinski definition) is 3. The van der Waals surface area contributed by atoms with Crippen molar-refractivity contribution in [3.05, 3.63) is 0 Å². The molecule has 1 aliphatic carbocycles. The SMILES string of the molecule is CS(=O)(=O)CC(C(=O)O)C1CCCC1. The van der Waals surface area contributed by atoms with Crippen LogP contribution < -0.4 is 0 Å². The Morgan fingerprint density at radius 2 is 1.93 bits per heavy atom. The molecule has 1 unspecified atom stereocenters. The maximum atomic E-state index is 11.0. The van der Waals surface area contributed by atoms with Gasteiger partial charge in [-0.25, -0.2) is 8.42 Å². The topological polar surface area (TPSA) is 71.4 Å². The first-order valence-corrected chi connectivity index (χ1v) is 6.87. The monoisotopic (exact) mass is 220 g/mol. The minimum atomic E-state index is -3.19. The summed E-state index contributed by atoms with van der Waals surface area (Å²) in [6, 6.07) is 0. The Bertz CT molecular complexity index is 301. The molecule has 82 valence electrons. The van der Waals surface area contributed by atoms with Crippen molar-refractivity contribution < 1.29 is 18.3 Å². The zero-order valence-electron chi connectivity index (χ0n) is 8.27. The lowest BCUT2D eigenvalue weighted by atomic mass is 9.93.